The molecule has 4 rings (SSSR count). The van der Waals surface area contributed by atoms with Crippen molar-refractivity contribution in [3.05, 3.63) is 35.9 Å². The van der Waals surface area contributed by atoms with Crippen LogP contribution in [0.5, 0.6) is 0 Å². The van der Waals surface area contributed by atoms with E-state index < -0.39 is 0 Å². The zero-order chi connectivity index (χ0) is 17.7. The lowest BCUT2D eigenvalue weighted by molar-refractivity contribution is -0.135. The normalized spacial score (nSPS) is 38.4. The molecule has 3 heteroatoms. The molecule has 0 aromatic heterocycles. The minimum absolute atomic E-state index is 0.117. The molecule has 3 aliphatic rings. The van der Waals surface area contributed by atoms with Gasteiger partial charge in [-0.1, -0.05) is 44.2 Å². The average Bonchev–Trinajstić information content (AvgIpc) is 3.07. The second-order valence-electron chi connectivity index (χ2n) is 9.11. The SMILES string of the molecule is CC(=O)N[C@H]1C(C)(C)[C@@H]2C[C@@H]3[C@@H](CCc4ccccc4)OCCC31C2. The van der Waals surface area contributed by atoms with E-state index in [2.05, 4.69) is 49.5 Å². The fraction of sp³-hybridized carbons (Fsp3) is 0.682. The number of hydrogen-bond donors (Lipinski definition) is 1. The third-order valence-electron chi connectivity index (χ3n) is 7.53. The van der Waals surface area contributed by atoms with E-state index in [-0.39, 0.29) is 16.7 Å². The quantitative estimate of drug-likeness (QED) is 0.900. The summed E-state index contributed by atoms with van der Waals surface area (Å²) in [5, 5.41) is 3.35. The highest BCUT2D eigenvalue weighted by Crippen LogP contribution is 2.68. The summed E-state index contributed by atoms with van der Waals surface area (Å²) in [6, 6.07) is 11.0. The van der Waals surface area contributed by atoms with Crippen molar-refractivity contribution in [2.24, 2.45) is 22.7 Å². The number of rotatable bonds is 4. The van der Waals surface area contributed by atoms with Gasteiger partial charge in [0.2, 0.25) is 5.91 Å². The number of benzene rings is 1. The monoisotopic (exact) mass is 341 g/mol. The number of nitrogens with one attached hydrogen (secondary N) is 1. The number of fused-ring (bicyclic) bond motifs is 1. The van der Waals surface area contributed by atoms with Crippen LogP contribution in [0.4, 0.5) is 0 Å². The lowest BCUT2D eigenvalue weighted by Gasteiger charge is -2.53. The van der Waals surface area contributed by atoms with Gasteiger partial charge in [-0.3, -0.25) is 4.79 Å². The molecule has 136 valence electrons. The third-order valence-corrected chi connectivity index (χ3v) is 7.53. The van der Waals surface area contributed by atoms with Gasteiger partial charge < -0.3 is 10.1 Å². The van der Waals surface area contributed by atoms with Gasteiger partial charge in [0.25, 0.3) is 0 Å². The molecule has 3 nitrogen and oxygen atoms in total. The molecule has 1 saturated heterocycles. The minimum atomic E-state index is 0.117. The summed E-state index contributed by atoms with van der Waals surface area (Å²) >= 11 is 0. The first-order valence-electron chi connectivity index (χ1n) is 9.86. The van der Waals surface area contributed by atoms with E-state index in [4.69, 9.17) is 4.74 Å². The molecule has 3 fully saturated rings. The molecule has 25 heavy (non-hydrogen) atoms. The molecule has 2 saturated carbocycles. The summed E-state index contributed by atoms with van der Waals surface area (Å²) in [4.78, 5) is 11.9. The Morgan fingerprint density at radius 1 is 1.28 bits per heavy atom. The predicted molar refractivity (Wildman–Crippen MR) is 99.2 cm³/mol. The summed E-state index contributed by atoms with van der Waals surface area (Å²) < 4.78 is 6.27. The van der Waals surface area contributed by atoms with E-state index in [9.17, 15) is 4.79 Å². The van der Waals surface area contributed by atoms with Crippen LogP contribution in [-0.2, 0) is 16.0 Å². The molecular formula is C22H31NO2. The first-order chi connectivity index (χ1) is 11.9. The standard InChI is InChI=1S/C22H31NO2/c1-15(24)23-20-21(2,3)17-13-18-19(25-12-11-22(18,20)14-17)10-9-16-7-5-4-6-8-16/h4-8,17-20H,9-14H2,1-3H3,(H,23,24)/t17-,18-,19-,20+,22?/m1/s1. The van der Waals surface area contributed by atoms with Crippen LogP contribution >= 0.6 is 0 Å². The smallest absolute Gasteiger partial charge is 0.217 e. The molecule has 0 radical (unpaired) electrons. The molecule has 1 aromatic carbocycles. The summed E-state index contributed by atoms with van der Waals surface area (Å²) in [7, 11) is 0. The Kier molecular flexibility index (Phi) is 4.18. The van der Waals surface area contributed by atoms with Crippen molar-refractivity contribution in [2.45, 2.75) is 65.0 Å². The summed E-state index contributed by atoms with van der Waals surface area (Å²) in [6.45, 7) is 7.23. The average molecular weight is 341 g/mol. The Morgan fingerprint density at radius 3 is 2.76 bits per heavy atom. The second kappa shape index (κ2) is 6.12. The van der Waals surface area contributed by atoms with Gasteiger partial charge in [-0.15, -0.1) is 0 Å². The lowest BCUT2D eigenvalue weighted by Crippen LogP contribution is -2.60. The van der Waals surface area contributed by atoms with Gasteiger partial charge in [0.1, 0.15) is 0 Å². The topological polar surface area (TPSA) is 38.3 Å². The van der Waals surface area contributed by atoms with E-state index in [0.717, 1.165) is 25.9 Å². The van der Waals surface area contributed by atoms with E-state index in [1.165, 1.54) is 18.4 Å². The van der Waals surface area contributed by atoms with Crippen molar-refractivity contribution < 1.29 is 9.53 Å². The van der Waals surface area contributed by atoms with Crippen LogP contribution in [0.25, 0.3) is 0 Å². The summed E-state index contributed by atoms with van der Waals surface area (Å²) in [5.41, 5.74) is 1.84. The lowest BCUT2D eigenvalue weighted by atomic mass is 9.59. The highest BCUT2D eigenvalue weighted by Gasteiger charge is 2.68. The minimum Gasteiger partial charge on any atom is -0.378 e. The van der Waals surface area contributed by atoms with E-state index >= 15 is 0 Å². The van der Waals surface area contributed by atoms with Crippen LogP contribution in [0.2, 0.25) is 0 Å². The maximum absolute atomic E-state index is 11.9. The number of amides is 1. The van der Waals surface area contributed by atoms with Crippen LogP contribution in [0, 0.1) is 22.7 Å². The zero-order valence-electron chi connectivity index (χ0n) is 15.8. The van der Waals surface area contributed by atoms with Crippen LogP contribution in [0.3, 0.4) is 0 Å². The maximum atomic E-state index is 11.9. The van der Waals surface area contributed by atoms with Crippen LogP contribution in [0.15, 0.2) is 30.3 Å². The number of ether oxygens (including phenoxy) is 1. The molecule has 2 bridgehead atoms. The Bertz CT molecular complexity index is 641. The largest absolute Gasteiger partial charge is 0.378 e. The van der Waals surface area contributed by atoms with Crippen LogP contribution in [-0.4, -0.2) is 24.7 Å². The molecule has 2 aliphatic carbocycles. The molecule has 1 unspecified atom stereocenters. The van der Waals surface area contributed by atoms with Gasteiger partial charge >= 0.3 is 0 Å². The second-order valence-corrected chi connectivity index (χ2v) is 9.11. The zero-order valence-corrected chi connectivity index (χ0v) is 15.8. The van der Waals surface area contributed by atoms with Gasteiger partial charge in [-0.25, -0.2) is 0 Å². The van der Waals surface area contributed by atoms with Crippen molar-refractivity contribution in [2.75, 3.05) is 6.61 Å². The maximum Gasteiger partial charge on any atom is 0.217 e. The Balaban J connectivity index is 1.54. The van der Waals surface area contributed by atoms with Crippen molar-refractivity contribution in [1.82, 2.24) is 5.32 Å². The molecule has 5 atom stereocenters. The Morgan fingerprint density at radius 2 is 2.04 bits per heavy atom. The number of aryl methyl sites for hydroxylation is 1. The molecule has 1 N–H and O–H groups in total. The number of carbonyl (C=O) groups is 1. The fourth-order valence-electron chi connectivity index (χ4n) is 6.35. The number of hydrogen-bond acceptors (Lipinski definition) is 2. The highest BCUT2D eigenvalue weighted by atomic mass is 16.5. The van der Waals surface area contributed by atoms with Crippen molar-refractivity contribution >= 4 is 5.91 Å². The van der Waals surface area contributed by atoms with Crippen molar-refractivity contribution in [3.8, 4) is 0 Å². The first-order valence-corrected chi connectivity index (χ1v) is 9.86. The first kappa shape index (κ1) is 17.1. The molecule has 1 aliphatic heterocycles. The van der Waals surface area contributed by atoms with Crippen molar-refractivity contribution in [1.29, 1.82) is 0 Å². The van der Waals surface area contributed by atoms with E-state index in [1.807, 2.05) is 0 Å². The predicted octanol–water partition coefficient (Wildman–Crippen LogP) is 3.97. The van der Waals surface area contributed by atoms with Gasteiger partial charge in [0.05, 0.1) is 6.10 Å². The van der Waals surface area contributed by atoms with E-state index in [0.29, 0.717) is 24.0 Å². The van der Waals surface area contributed by atoms with E-state index in [1.54, 1.807) is 6.92 Å². The Labute approximate surface area is 151 Å². The molecular weight excluding hydrogens is 310 g/mol. The van der Waals surface area contributed by atoms with Crippen LogP contribution < -0.4 is 5.32 Å². The van der Waals surface area contributed by atoms with Crippen LogP contribution in [0.1, 0.15) is 52.0 Å². The Hall–Kier alpha value is -1.35. The highest BCUT2D eigenvalue weighted by molar-refractivity contribution is 5.73. The molecule has 1 amide bonds. The molecule has 1 heterocycles. The number of carbonyl (C=O) groups excluding carboxylic acids is 1. The molecule has 1 spiro atoms. The fourth-order valence-corrected chi connectivity index (χ4v) is 6.35. The van der Waals surface area contributed by atoms with Crippen molar-refractivity contribution in [3.63, 3.8) is 0 Å². The van der Waals surface area contributed by atoms with Gasteiger partial charge in [-0.05, 0) is 60.3 Å². The molecule has 1 aromatic rings. The van der Waals surface area contributed by atoms with Gasteiger partial charge in [0, 0.05) is 19.6 Å². The summed E-state index contributed by atoms with van der Waals surface area (Å²) in [5.74, 6) is 1.42. The van der Waals surface area contributed by atoms with Gasteiger partial charge in [0.15, 0.2) is 0 Å². The third kappa shape index (κ3) is 2.71. The van der Waals surface area contributed by atoms with Gasteiger partial charge in [-0.2, -0.15) is 0 Å². The summed E-state index contributed by atoms with van der Waals surface area (Å²) in [6.07, 6.45) is 6.15.